The van der Waals surface area contributed by atoms with Crippen LogP contribution >= 0.6 is 0 Å². The first-order valence-corrected chi connectivity index (χ1v) is 7.33. The predicted octanol–water partition coefficient (Wildman–Crippen LogP) is 0.681. The van der Waals surface area contributed by atoms with Gasteiger partial charge in [0.1, 0.15) is 0 Å². The molecule has 3 aliphatic rings. The largest absolute Gasteiger partial charge is 0.340 e. The smallest absolute Gasteiger partial charge is 0.225 e. The Morgan fingerprint density at radius 2 is 1.83 bits per heavy atom. The fraction of sp³-hybridized carbons (Fsp3) is 0.929. The molecule has 0 radical (unpaired) electrons. The van der Waals surface area contributed by atoms with E-state index in [9.17, 15) is 4.79 Å². The quantitative estimate of drug-likeness (QED) is 0.784. The summed E-state index contributed by atoms with van der Waals surface area (Å²) in [4.78, 5) is 16.6. The average Bonchev–Trinajstić information content (AvgIpc) is 3.13. The molecule has 2 heterocycles. The standard InChI is InChI=1S/C14H25N3O/c1-14(2)9-12(10-15-14)16-5-7-17(8-6-16)13(18)11-3-4-11/h11-12,15H,3-10H2,1-2H3. The number of rotatable bonds is 2. The van der Waals surface area contributed by atoms with Crippen molar-refractivity contribution in [3.8, 4) is 0 Å². The molecule has 1 saturated carbocycles. The number of carbonyl (C=O) groups is 1. The van der Waals surface area contributed by atoms with Crippen molar-refractivity contribution in [1.29, 1.82) is 0 Å². The summed E-state index contributed by atoms with van der Waals surface area (Å²) in [5.74, 6) is 0.795. The highest BCUT2D eigenvalue weighted by Gasteiger charge is 2.38. The van der Waals surface area contributed by atoms with Crippen LogP contribution in [0.3, 0.4) is 0 Å². The maximum atomic E-state index is 12.0. The van der Waals surface area contributed by atoms with E-state index in [1.807, 2.05) is 0 Å². The SMILES string of the molecule is CC1(C)CC(N2CCN(C(=O)C3CC3)CC2)CN1. The molecule has 18 heavy (non-hydrogen) atoms. The Balaban J connectivity index is 1.49. The van der Waals surface area contributed by atoms with Crippen molar-refractivity contribution in [2.24, 2.45) is 5.92 Å². The molecular weight excluding hydrogens is 226 g/mol. The third-order valence-electron chi connectivity index (χ3n) is 4.63. The Kier molecular flexibility index (Phi) is 3.10. The molecule has 0 aromatic carbocycles. The van der Waals surface area contributed by atoms with Gasteiger partial charge in [0.2, 0.25) is 5.91 Å². The maximum absolute atomic E-state index is 12.0. The van der Waals surface area contributed by atoms with Gasteiger partial charge in [-0.3, -0.25) is 9.69 Å². The van der Waals surface area contributed by atoms with E-state index in [4.69, 9.17) is 0 Å². The minimum Gasteiger partial charge on any atom is -0.340 e. The first kappa shape index (κ1) is 12.4. The number of carbonyl (C=O) groups excluding carboxylic acids is 1. The summed E-state index contributed by atoms with van der Waals surface area (Å²) in [5.41, 5.74) is 0.283. The van der Waals surface area contributed by atoms with Gasteiger partial charge in [0, 0.05) is 50.2 Å². The monoisotopic (exact) mass is 251 g/mol. The zero-order chi connectivity index (χ0) is 12.8. The van der Waals surface area contributed by atoms with E-state index in [0.29, 0.717) is 17.9 Å². The molecule has 1 aliphatic carbocycles. The third kappa shape index (κ3) is 2.54. The first-order chi connectivity index (χ1) is 8.55. The Morgan fingerprint density at radius 1 is 1.17 bits per heavy atom. The first-order valence-electron chi connectivity index (χ1n) is 7.33. The molecule has 2 aliphatic heterocycles. The van der Waals surface area contributed by atoms with Crippen molar-refractivity contribution in [3.63, 3.8) is 0 Å². The Morgan fingerprint density at radius 3 is 2.33 bits per heavy atom. The van der Waals surface area contributed by atoms with Crippen LogP contribution in [0.2, 0.25) is 0 Å². The highest BCUT2D eigenvalue weighted by atomic mass is 16.2. The van der Waals surface area contributed by atoms with Crippen LogP contribution in [0.15, 0.2) is 0 Å². The minimum atomic E-state index is 0.283. The molecule has 102 valence electrons. The van der Waals surface area contributed by atoms with E-state index >= 15 is 0 Å². The number of amides is 1. The fourth-order valence-corrected chi connectivity index (χ4v) is 3.28. The van der Waals surface area contributed by atoms with Crippen molar-refractivity contribution in [1.82, 2.24) is 15.1 Å². The van der Waals surface area contributed by atoms with Crippen LogP contribution in [0, 0.1) is 5.92 Å². The molecule has 0 aromatic heterocycles. The average molecular weight is 251 g/mol. The van der Waals surface area contributed by atoms with Gasteiger partial charge in [0.05, 0.1) is 0 Å². The van der Waals surface area contributed by atoms with Crippen molar-refractivity contribution >= 4 is 5.91 Å². The molecule has 1 N–H and O–H groups in total. The lowest BCUT2D eigenvalue weighted by molar-refractivity contribution is -0.134. The van der Waals surface area contributed by atoms with Crippen LogP contribution < -0.4 is 5.32 Å². The number of hydrogen-bond acceptors (Lipinski definition) is 3. The summed E-state index contributed by atoms with van der Waals surface area (Å²) < 4.78 is 0. The fourth-order valence-electron chi connectivity index (χ4n) is 3.28. The van der Waals surface area contributed by atoms with Gasteiger partial charge < -0.3 is 10.2 Å². The van der Waals surface area contributed by atoms with E-state index in [-0.39, 0.29) is 5.54 Å². The lowest BCUT2D eigenvalue weighted by atomic mass is 10.0. The predicted molar refractivity (Wildman–Crippen MR) is 71.4 cm³/mol. The van der Waals surface area contributed by atoms with Gasteiger partial charge in [0.25, 0.3) is 0 Å². The molecule has 0 spiro atoms. The molecule has 1 unspecified atom stereocenters. The van der Waals surface area contributed by atoms with E-state index in [1.54, 1.807) is 0 Å². The Hall–Kier alpha value is -0.610. The summed E-state index contributed by atoms with van der Waals surface area (Å²) in [6.07, 6.45) is 3.48. The maximum Gasteiger partial charge on any atom is 0.225 e. The van der Waals surface area contributed by atoms with Gasteiger partial charge in [-0.05, 0) is 33.1 Å². The second-order valence-corrected chi connectivity index (χ2v) is 6.76. The number of hydrogen-bond donors (Lipinski definition) is 1. The van der Waals surface area contributed by atoms with Gasteiger partial charge >= 0.3 is 0 Å². The molecule has 3 rings (SSSR count). The summed E-state index contributed by atoms with van der Waals surface area (Å²) in [6.45, 7) is 9.64. The molecule has 0 aromatic rings. The number of nitrogens with one attached hydrogen (secondary N) is 1. The molecule has 4 nitrogen and oxygen atoms in total. The number of nitrogens with zero attached hydrogens (tertiary/aromatic N) is 2. The summed E-state index contributed by atoms with van der Waals surface area (Å²) in [5, 5.41) is 3.58. The van der Waals surface area contributed by atoms with Gasteiger partial charge in [-0.25, -0.2) is 0 Å². The van der Waals surface area contributed by atoms with Gasteiger partial charge in [0.15, 0.2) is 0 Å². The molecule has 3 fully saturated rings. The van der Waals surface area contributed by atoms with Crippen LogP contribution in [0.25, 0.3) is 0 Å². The third-order valence-corrected chi connectivity index (χ3v) is 4.63. The molecule has 1 atom stereocenters. The van der Waals surface area contributed by atoms with E-state index < -0.39 is 0 Å². The molecule has 4 heteroatoms. The molecule has 2 saturated heterocycles. The van der Waals surface area contributed by atoms with Crippen LogP contribution in [0.4, 0.5) is 0 Å². The molecular formula is C14H25N3O. The van der Waals surface area contributed by atoms with Crippen LogP contribution in [0.5, 0.6) is 0 Å². The van der Waals surface area contributed by atoms with E-state index in [1.165, 1.54) is 6.42 Å². The second-order valence-electron chi connectivity index (χ2n) is 6.76. The number of piperazine rings is 1. The van der Waals surface area contributed by atoms with Crippen LogP contribution in [-0.4, -0.2) is 60.0 Å². The molecule has 0 bridgehead atoms. The van der Waals surface area contributed by atoms with Crippen molar-refractivity contribution < 1.29 is 4.79 Å². The summed E-state index contributed by atoms with van der Waals surface area (Å²) in [7, 11) is 0. The van der Waals surface area contributed by atoms with Gasteiger partial charge in [-0.15, -0.1) is 0 Å². The lowest BCUT2D eigenvalue weighted by Gasteiger charge is -2.38. The lowest BCUT2D eigenvalue weighted by Crippen LogP contribution is -2.52. The summed E-state index contributed by atoms with van der Waals surface area (Å²) >= 11 is 0. The van der Waals surface area contributed by atoms with Crippen LogP contribution in [0.1, 0.15) is 33.1 Å². The summed E-state index contributed by atoms with van der Waals surface area (Å²) in [6, 6.07) is 0.665. The van der Waals surface area contributed by atoms with E-state index in [2.05, 4.69) is 29.0 Å². The zero-order valence-corrected chi connectivity index (χ0v) is 11.6. The normalized spacial score (nSPS) is 32.8. The van der Waals surface area contributed by atoms with Crippen molar-refractivity contribution in [3.05, 3.63) is 0 Å². The van der Waals surface area contributed by atoms with Crippen molar-refractivity contribution in [2.45, 2.75) is 44.7 Å². The zero-order valence-electron chi connectivity index (χ0n) is 11.6. The van der Waals surface area contributed by atoms with Crippen molar-refractivity contribution in [2.75, 3.05) is 32.7 Å². The Bertz CT molecular complexity index is 330. The second kappa shape index (κ2) is 4.49. The van der Waals surface area contributed by atoms with Crippen LogP contribution in [-0.2, 0) is 4.79 Å². The topological polar surface area (TPSA) is 35.6 Å². The van der Waals surface area contributed by atoms with Gasteiger partial charge in [-0.2, -0.15) is 0 Å². The molecule has 1 amide bonds. The minimum absolute atomic E-state index is 0.283. The highest BCUT2D eigenvalue weighted by Crippen LogP contribution is 2.31. The highest BCUT2D eigenvalue weighted by molar-refractivity contribution is 5.81. The van der Waals surface area contributed by atoms with E-state index in [0.717, 1.165) is 45.6 Å². The Labute approximate surface area is 110 Å². The van der Waals surface area contributed by atoms with Gasteiger partial charge in [-0.1, -0.05) is 0 Å².